The number of alkyl halides is 6. The van der Waals surface area contributed by atoms with E-state index in [4.69, 9.17) is 18.9 Å². The number of hydrogen-bond acceptors (Lipinski definition) is 13. The van der Waals surface area contributed by atoms with Crippen LogP contribution in [0, 0.1) is 11.8 Å². The standard InChI is InChI=1S/C18H21F3O6.C14H20O4.C4H3F3O3/c1-10(2)13(23)26-16-5-12-4-15(7-16,25-11(3)22)8-17(6-12,9-16)27-14(24)18(19,20)21;1-9(2)11(15)18-14-5-10-3-12(16,7-14)6-13(17,4-10)8-14;1-2(8)10-3(9)4(5,6)7/h12H,1,4-9H2,2-3H3;10,16-17H,1,3-8H2,2H3;1H3. The molecule has 6 unspecified atom stereocenters. The van der Waals surface area contributed by atoms with Crippen LogP contribution in [0.5, 0.6) is 0 Å². The van der Waals surface area contributed by atoms with Crippen molar-refractivity contribution < 1.29 is 89.0 Å². The third-order valence-electron chi connectivity index (χ3n) is 10.6. The van der Waals surface area contributed by atoms with Crippen molar-refractivity contribution in [2.24, 2.45) is 11.8 Å². The van der Waals surface area contributed by atoms with Gasteiger partial charge in [0.05, 0.1) is 11.2 Å². The molecule has 2 N–H and O–H groups in total. The summed E-state index contributed by atoms with van der Waals surface area (Å²) in [4.78, 5) is 66.5. The Labute approximate surface area is 311 Å². The number of aliphatic hydroxyl groups is 2. The number of ether oxygens (including phenoxy) is 5. The molecule has 19 heteroatoms. The van der Waals surface area contributed by atoms with Crippen molar-refractivity contribution in [2.75, 3.05) is 0 Å². The summed E-state index contributed by atoms with van der Waals surface area (Å²) in [5.74, 6) is -7.66. The van der Waals surface area contributed by atoms with Gasteiger partial charge in [-0.1, -0.05) is 13.2 Å². The molecule has 8 aliphatic rings. The number of carbonyl (C=O) groups is 6. The summed E-state index contributed by atoms with van der Waals surface area (Å²) in [6.45, 7) is 12.1. The minimum atomic E-state index is -5.14. The van der Waals surface area contributed by atoms with E-state index in [0.29, 0.717) is 44.6 Å². The second-order valence-corrected chi connectivity index (χ2v) is 16.4. The number of halogens is 6. The highest BCUT2D eigenvalue weighted by Crippen LogP contribution is 2.64. The van der Waals surface area contributed by atoms with Crippen molar-refractivity contribution in [1.82, 2.24) is 0 Å². The lowest BCUT2D eigenvalue weighted by Gasteiger charge is -2.63. The van der Waals surface area contributed by atoms with Crippen LogP contribution < -0.4 is 0 Å². The maximum Gasteiger partial charge on any atom is 0.491 e. The van der Waals surface area contributed by atoms with Gasteiger partial charge >= 0.3 is 48.2 Å². The number of hydrogen-bond donors (Lipinski definition) is 2. The average molecular weight is 799 g/mol. The molecule has 0 amide bonds. The Morgan fingerprint density at radius 1 is 0.509 bits per heavy atom. The zero-order chi connectivity index (χ0) is 41.8. The van der Waals surface area contributed by atoms with Crippen LogP contribution >= 0.6 is 0 Å². The van der Waals surface area contributed by atoms with Gasteiger partial charge < -0.3 is 33.9 Å². The van der Waals surface area contributed by atoms with Crippen LogP contribution in [0.3, 0.4) is 0 Å². The molecule has 55 heavy (non-hydrogen) atoms. The van der Waals surface area contributed by atoms with Crippen molar-refractivity contribution in [2.45, 2.75) is 151 Å². The van der Waals surface area contributed by atoms with Crippen LogP contribution in [0.1, 0.15) is 105 Å². The van der Waals surface area contributed by atoms with E-state index in [9.17, 15) is 65.3 Å². The van der Waals surface area contributed by atoms with Gasteiger partial charge in [0, 0.05) is 63.5 Å². The fourth-order valence-corrected chi connectivity index (χ4v) is 10.2. The van der Waals surface area contributed by atoms with E-state index in [1.54, 1.807) is 6.92 Å². The molecule has 0 aliphatic heterocycles. The Bertz CT molecular complexity index is 1640. The lowest BCUT2D eigenvalue weighted by Crippen LogP contribution is -2.69. The highest BCUT2D eigenvalue weighted by atomic mass is 19.4. The Balaban J connectivity index is 0.000000206. The summed E-state index contributed by atoms with van der Waals surface area (Å²) in [5.41, 5.74) is -5.65. The van der Waals surface area contributed by atoms with Crippen LogP contribution in [0.2, 0.25) is 0 Å². The first-order chi connectivity index (χ1) is 24.8. The van der Waals surface area contributed by atoms with E-state index in [2.05, 4.69) is 17.9 Å². The maximum absolute atomic E-state index is 12.8. The van der Waals surface area contributed by atoms with Gasteiger partial charge in [-0.15, -0.1) is 0 Å². The molecule has 8 bridgehead atoms. The second kappa shape index (κ2) is 14.5. The van der Waals surface area contributed by atoms with Crippen molar-refractivity contribution in [3.8, 4) is 0 Å². The fraction of sp³-hybridized carbons (Fsp3) is 0.722. The Hall–Kier alpha value is -4.00. The van der Waals surface area contributed by atoms with Gasteiger partial charge in [-0.25, -0.2) is 19.2 Å². The normalized spacial score (nSPS) is 36.1. The van der Waals surface area contributed by atoms with Crippen molar-refractivity contribution in [3.05, 3.63) is 24.3 Å². The molecule has 8 fully saturated rings. The summed E-state index contributed by atoms with van der Waals surface area (Å²) in [5, 5.41) is 21.0. The molecule has 8 rings (SSSR count). The van der Waals surface area contributed by atoms with Gasteiger partial charge in [0.25, 0.3) is 0 Å². The van der Waals surface area contributed by atoms with Crippen LogP contribution in [0.15, 0.2) is 24.3 Å². The van der Waals surface area contributed by atoms with Gasteiger partial charge in [-0.2, -0.15) is 26.3 Å². The van der Waals surface area contributed by atoms with E-state index < -0.39 is 81.8 Å². The predicted octanol–water partition coefficient (Wildman–Crippen LogP) is 4.93. The molecule has 0 radical (unpaired) electrons. The molecular weight excluding hydrogens is 754 g/mol. The SMILES string of the molecule is C=C(C)C(=O)OC12CC3CC(O)(CC(O)(C3)C1)C2.C=C(C)C(=O)OC12CC3CC(OC(C)=O)(C1)CC(OC(=O)C(F)(F)F)(C3)C2.CC(=O)OC(=O)C(F)(F)F. The Morgan fingerprint density at radius 3 is 1.16 bits per heavy atom. The molecule has 6 atom stereocenters. The maximum atomic E-state index is 12.8. The highest BCUT2D eigenvalue weighted by molar-refractivity contribution is 5.88. The second-order valence-electron chi connectivity index (χ2n) is 16.4. The Morgan fingerprint density at radius 2 is 0.855 bits per heavy atom. The molecule has 308 valence electrons. The molecule has 0 aromatic carbocycles. The fourth-order valence-electron chi connectivity index (χ4n) is 10.2. The highest BCUT2D eigenvalue weighted by Gasteiger charge is 2.69. The minimum Gasteiger partial charge on any atom is -0.459 e. The van der Waals surface area contributed by atoms with E-state index >= 15 is 0 Å². The number of carbonyl (C=O) groups excluding carboxylic acids is 6. The molecule has 0 heterocycles. The van der Waals surface area contributed by atoms with E-state index in [-0.39, 0.29) is 43.1 Å². The smallest absolute Gasteiger partial charge is 0.459 e. The zero-order valence-electron chi connectivity index (χ0n) is 30.7. The van der Waals surface area contributed by atoms with Crippen LogP contribution in [-0.4, -0.2) is 92.0 Å². The first-order valence-electron chi connectivity index (χ1n) is 17.4. The first-order valence-corrected chi connectivity index (χ1v) is 17.4. The number of rotatable bonds is 6. The molecule has 8 aliphatic carbocycles. The molecule has 0 aromatic rings. The summed E-state index contributed by atoms with van der Waals surface area (Å²) < 4.78 is 96.7. The summed E-state index contributed by atoms with van der Waals surface area (Å²) >= 11 is 0. The summed E-state index contributed by atoms with van der Waals surface area (Å²) in [6.07, 6.45) is -5.55. The molecule has 13 nitrogen and oxygen atoms in total. The molecular formula is C36H44F6O13. The lowest BCUT2D eigenvalue weighted by atomic mass is 9.50. The zero-order valence-corrected chi connectivity index (χ0v) is 30.7. The summed E-state index contributed by atoms with van der Waals surface area (Å²) in [6, 6.07) is 0. The van der Waals surface area contributed by atoms with Crippen LogP contribution in [-0.2, 0) is 52.5 Å². The lowest BCUT2D eigenvalue weighted by molar-refractivity contribution is -0.282. The van der Waals surface area contributed by atoms with Gasteiger partial charge in [-0.3, -0.25) is 9.59 Å². The van der Waals surface area contributed by atoms with Crippen molar-refractivity contribution >= 4 is 35.8 Å². The molecule has 0 saturated heterocycles. The van der Waals surface area contributed by atoms with Crippen LogP contribution in [0.4, 0.5) is 26.3 Å². The van der Waals surface area contributed by atoms with Crippen molar-refractivity contribution in [1.29, 1.82) is 0 Å². The Kier molecular flexibility index (Phi) is 11.5. The topological polar surface area (TPSA) is 189 Å². The third kappa shape index (κ3) is 10.3. The number of esters is 6. The van der Waals surface area contributed by atoms with E-state index in [1.165, 1.54) is 13.8 Å². The first kappa shape index (κ1) is 43.7. The quantitative estimate of drug-likeness (QED) is 0.121. The molecule has 0 spiro atoms. The monoisotopic (exact) mass is 798 g/mol. The molecule has 8 saturated carbocycles. The predicted molar refractivity (Wildman–Crippen MR) is 172 cm³/mol. The third-order valence-corrected chi connectivity index (χ3v) is 10.6. The van der Waals surface area contributed by atoms with Gasteiger partial charge in [-0.05, 0) is 64.2 Å². The van der Waals surface area contributed by atoms with Gasteiger partial charge in [0.1, 0.15) is 22.4 Å². The van der Waals surface area contributed by atoms with E-state index in [0.717, 1.165) is 19.3 Å². The average Bonchev–Trinajstić information content (AvgIpc) is 2.92. The van der Waals surface area contributed by atoms with Crippen molar-refractivity contribution in [3.63, 3.8) is 0 Å². The largest absolute Gasteiger partial charge is 0.491 e. The van der Waals surface area contributed by atoms with Gasteiger partial charge in [0.15, 0.2) is 0 Å². The summed E-state index contributed by atoms with van der Waals surface area (Å²) in [7, 11) is 0. The molecule has 0 aromatic heterocycles. The van der Waals surface area contributed by atoms with Crippen LogP contribution in [0.25, 0.3) is 0 Å². The minimum absolute atomic E-state index is 0.0374. The van der Waals surface area contributed by atoms with E-state index in [1.807, 2.05) is 0 Å². The van der Waals surface area contributed by atoms with Gasteiger partial charge in [0.2, 0.25) is 0 Å².